The fourth-order valence-corrected chi connectivity index (χ4v) is 2.26. The van der Waals surface area contributed by atoms with Crippen LogP contribution in [0.2, 0.25) is 0 Å². The molecule has 0 fully saturated rings. The van der Waals surface area contributed by atoms with Crippen LogP contribution in [-0.2, 0) is 17.7 Å². The van der Waals surface area contributed by atoms with Gasteiger partial charge in [0.05, 0.1) is 20.1 Å². The van der Waals surface area contributed by atoms with E-state index < -0.39 is 6.09 Å². The van der Waals surface area contributed by atoms with Crippen molar-refractivity contribution in [3.05, 3.63) is 71.9 Å². The summed E-state index contributed by atoms with van der Waals surface area (Å²) in [6.45, 7) is 0.392. The molecule has 0 spiro atoms. The average Bonchev–Trinajstić information content (AvgIpc) is 3.08. The summed E-state index contributed by atoms with van der Waals surface area (Å²) >= 11 is 0. The van der Waals surface area contributed by atoms with Crippen molar-refractivity contribution in [2.24, 2.45) is 0 Å². The Hall–Kier alpha value is -3.35. The van der Waals surface area contributed by atoms with E-state index in [4.69, 9.17) is 4.42 Å². The van der Waals surface area contributed by atoms with Crippen molar-refractivity contribution in [1.29, 1.82) is 0 Å². The molecule has 0 aliphatic heterocycles. The second-order valence-electron chi connectivity index (χ2n) is 5.30. The number of carbonyl (C=O) groups excluding carboxylic acids is 1. The molecule has 2 N–H and O–H groups in total. The Morgan fingerprint density at radius 1 is 1.04 bits per heavy atom. The van der Waals surface area contributed by atoms with Crippen LogP contribution in [0, 0.1) is 0 Å². The molecule has 25 heavy (non-hydrogen) atoms. The van der Waals surface area contributed by atoms with Crippen LogP contribution in [0.4, 0.5) is 16.2 Å². The number of benzene rings is 2. The topological polar surface area (TPSA) is 89.3 Å². The van der Waals surface area contributed by atoms with Crippen molar-refractivity contribution in [2.75, 3.05) is 17.7 Å². The van der Waals surface area contributed by atoms with Crippen LogP contribution in [0.1, 0.15) is 17.3 Å². The van der Waals surface area contributed by atoms with Crippen molar-refractivity contribution in [3.8, 4) is 0 Å². The molecule has 7 heteroatoms. The maximum absolute atomic E-state index is 11.2. The minimum absolute atomic E-state index is 0.392. The Morgan fingerprint density at radius 2 is 1.80 bits per heavy atom. The van der Waals surface area contributed by atoms with Gasteiger partial charge in [0.25, 0.3) is 0 Å². The number of ether oxygens (including phenoxy) is 1. The maximum atomic E-state index is 11.2. The first-order valence-electron chi connectivity index (χ1n) is 7.77. The zero-order valence-electron chi connectivity index (χ0n) is 13.7. The molecule has 0 atom stereocenters. The minimum Gasteiger partial charge on any atom is -0.453 e. The number of carbonyl (C=O) groups is 1. The Labute approximate surface area is 145 Å². The van der Waals surface area contributed by atoms with Gasteiger partial charge in [0, 0.05) is 11.4 Å². The third-order valence-electron chi connectivity index (χ3n) is 3.44. The fourth-order valence-electron chi connectivity index (χ4n) is 2.26. The van der Waals surface area contributed by atoms with Gasteiger partial charge in [-0.25, -0.2) is 4.79 Å². The van der Waals surface area contributed by atoms with Crippen LogP contribution in [-0.4, -0.2) is 23.4 Å². The Bertz CT molecular complexity index is 833. The first-order valence-corrected chi connectivity index (χ1v) is 7.77. The number of hydrogen-bond donors (Lipinski definition) is 2. The molecular weight excluding hydrogens is 320 g/mol. The Balaban J connectivity index is 1.57. The van der Waals surface area contributed by atoms with Crippen LogP contribution >= 0.6 is 0 Å². The summed E-state index contributed by atoms with van der Waals surface area (Å²) in [7, 11) is 1.32. The molecule has 2 aromatic carbocycles. The molecule has 3 aromatic rings. The minimum atomic E-state index is -0.514. The fraction of sp³-hybridized carbons (Fsp3) is 0.167. The third-order valence-corrected chi connectivity index (χ3v) is 3.44. The number of methoxy groups -OCH3 is 1. The van der Waals surface area contributed by atoms with Crippen LogP contribution in [0.15, 0.2) is 59.0 Å². The molecule has 0 bridgehead atoms. The highest BCUT2D eigenvalue weighted by atomic mass is 16.5. The summed E-state index contributed by atoms with van der Waals surface area (Å²) in [5.74, 6) is 1.07. The van der Waals surface area contributed by atoms with Crippen molar-refractivity contribution in [1.82, 2.24) is 10.2 Å². The zero-order valence-corrected chi connectivity index (χ0v) is 13.7. The normalized spacial score (nSPS) is 10.3. The van der Waals surface area contributed by atoms with E-state index in [2.05, 4.69) is 25.6 Å². The molecule has 128 valence electrons. The van der Waals surface area contributed by atoms with Gasteiger partial charge in [-0.3, -0.25) is 5.32 Å². The van der Waals surface area contributed by atoms with E-state index in [0.717, 1.165) is 11.3 Å². The van der Waals surface area contributed by atoms with E-state index in [1.807, 2.05) is 42.5 Å². The average molecular weight is 338 g/mol. The van der Waals surface area contributed by atoms with Crippen LogP contribution in [0.3, 0.4) is 0 Å². The molecule has 0 unspecified atom stereocenters. The van der Waals surface area contributed by atoms with Crippen molar-refractivity contribution >= 4 is 17.5 Å². The van der Waals surface area contributed by atoms with Gasteiger partial charge >= 0.3 is 6.09 Å². The molecule has 1 aromatic heterocycles. The van der Waals surface area contributed by atoms with Crippen molar-refractivity contribution in [2.45, 2.75) is 13.0 Å². The SMILES string of the molecule is COC(=O)Nc1cccc(NCc2nnc(Cc3ccccc3)o2)c1. The van der Waals surface area contributed by atoms with E-state index in [0.29, 0.717) is 30.4 Å². The van der Waals surface area contributed by atoms with Gasteiger partial charge < -0.3 is 14.5 Å². The molecule has 7 nitrogen and oxygen atoms in total. The summed E-state index contributed by atoms with van der Waals surface area (Å²) < 4.78 is 10.2. The monoisotopic (exact) mass is 338 g/mol. The molecule has 3 rings (SSSR count). The molecule has 0 aliphatic carbocycles. The Kier molecular flexibility index (Phi) is 5.26. The molecule has 1 amide bonds. The van der Waals surface area contributed by atoms with E-state index in [1.165, 1.54) is 7.11 Å². The van der Waals surface area contributed by atoms with Gasteiger partial charge in [0.15, 0.2) is 0 Å². The standard InChI is InChI=1S/C18H18N4O3/c1-24-18(23)20-15-9-5-8-14(11-15)19-12-17-22-21-16(25-17)10-13-6-3-2-4-7-13/h2-9,11,19H,10,12H2,1H3,(H,20,23). The molecule has 1 heterocycles. The van der Waals surface area contributed by atoms with Crippen LogP contribution < -0.4 is 10.6 Å². The van der Waals surface area contributed by atoms with E-state index in [1.54, 1.807) is 12.1 Å². The van der Waals surface area contributed by atoms with E-state index in [-0.39, 0.29) is 0 Å². The lowest BCUT2D eigenvalue weighted by atomic mass is 10.2. The highest BCUT2D eigenvalue weighted by Gasteiger charge is 2.07. The number of rotatable bonds is 6. The number of nitrogens with zero attached hydrogens (tertiary/aromatic N) is 2. The molecule has 0 saturated carbocycles. The molecule has 0 radical (unpaired) electrons. The second kappa shape index (κ2) is 7.96. The van der Waals surface area contributed by atoms with Crippen LogP contribution in [0.5, 0.6) is 0 Å². The van der Waals surface area contributed by atoms with E-state index in [9.17, 15) is 4.79 Å². The predicted molar refractivity (Wildman–Crippen MR) is 93.3 cm³/mol. The smallest absolute Gasteiger partial charge is 0.411 e. The summed E-state index contributed by atoms with van der Waals surface area (Å²) in [5.41, 5.74) is 2.57. The largest absolute Gasteiger partial charge is 0.453 e. The van der Waals surface area contributed by atoms with Crippen molar-refractivity contribution in [3.63, 3.8) is 0 Å². The number of hydrogen-bond acceptors (Lipinski definition) is 6. The third kappa shape index (κ3) is 4.81. The highest BCUT2D eigenvalue weighted by Crippen LogP contribution is 2.16. The number of anilines is 2. The maximum Gasteiger partial charge on any atom is 0.411 e. The first-order chi connectivity index (χ1) is 12.2. The predicted octanol–water partition coefficient (Wildman–Crippen LogP) is 3.45. The van der Waals surface area contributed by atoms with Gasteiger partial charge in [0.2, 0.25) is 11.8 Å². The molecule has 0 aliphatic rings. The summed E-state index contributed by atoms with van der Waals surface area (Å²) in [6.07, 6.45) is 0.0893. The lowest BCUT2D eigenvalue weighted by Crippen LogP contribution is -2.11. The summed E-state index contributed by atoms with van der Waals surface area (Å²) in [5, 5.41) is 13.9. The van der Waals surface area contributed by atoms with Gasteiger partial charge in [-0.15, -0.1) is 10.2 Å². The molecule has 0 saturated heterocycles. The number of nitrogens with one attached hydrogen (secondary N) is 2. The number of amides is 1. The van der Waals surface area contributed by atoms with Gasteiger partial charge in [-0.05, 0) is 23.8 Å². The lowest BCUT2D eigenvalue weighted by molar-refractivity contribution is 0.187. The number of aromatic nitrogens is 2. The van der Waals surface area contributed by atoms with Crippen LogP contribution in [0.25, 0.3) is 0 Å². The van der Waals surface area contributed by atoms with Crippen molar-refractivity contribution < 1.29 is 13.9 Å². The zero-order chi connectivity index (χ0) is 17.5. The van der Waals surface area contributed by atoms with E-state index >= 15 is 0 Å². The second-order valence-corrected chi connectivity index (χ2v) is 5.30. The summed E-state index contributed by atoms with van der Waals surface area (Å²) in [6, 6.07) is 17.2. The quantitative estimate of drug-likeness (QED) is 0.715. The first kappa shape index (κ1) is 16.5. The Morgan fingerprint density at radius 3 is 2.60 bits per heavy atom. The van der Waals surface area contributed by atoms with Gasteiger partial charge in [-0.1, -0.05) is 36.4 Å². The highest BCUT2D eigenvalue weighted by molar-refractivity contribution is 5.85. The molecular formula is C18H18N4O3. The van der Waals surface area contributed by atoms with Gasteiger partial charge in [-0.2, -0.15) is 0 Å². The van der Waals surface area contributed by atoms with Gasteiger partial charge in [0.1, 0.15) is 0 Å². The lowest BCUT2D eigenvalue weighted by Gasteiger charge is -2.07. The summed E-state index contributed by atoms with van der Waals surface area (Å²) in [4.78, 5) is 11.2.